The van der Waals surface area contributed by atoms with Crippen LogP contribution in [0.5, 0.6) is 0 Å². The van der Waals surface area contributed by atoms with Crippen LogP contribution < -0.4 is 0 Å². The standard InChI is InChI=1S/C15H21N3/c1-17-7-6-15(11-17)12-18(2)10-14-5-3-4-13(8-14)9-16/h3-5,8,15H,6-7,10-12H2,1-2H3. The van der Waals surface area contributed by atoms with Crippen molar-refractivity contribution in [1.29, 1.82) is 5.26 Å². The van der Waals surface area contributed by atoms with E-state index in [1.54, 1.807) is 0 Å². The summed E-state index contributed by atoms with van der Waals surface area (Å²) in [5, 5.41) is 8.89. The summed E-state index contributed by atoms with van der Waals surface area (Å²) in [6, 6.07) is 10.1. The van der Waals surface area contributed by atoms with Gasteiger partial charge < -0.3 is 9.80 Å². The minimum atomic E-state index is 0.751. The van der Waals surface area contributed by atoms with E-state index in [1.165, 1.54) is 25.1 Å². The van der Waals surface area contributed by atoms with Gasteiger partial charge in [-0.25, -0.2) is 0 Å². The van der Waals surface area contributed by atoms with Crippen LogP contribution in [0, 0.1) is 17.2 Å². The van der Waals surface area contributed by atoms with Crippen molar-refractivity contribution in [1.82, 2.24) is 9.80 Å². The monoisotopic (exact) mass is 243 g/mol. The fourth-order valence-electron chi connectivity index (χ4n) is 2.73. The van der Waals surface area contributed by atoms with Crippen molar-refractivity contribution >= 4 is 0 Å². The van der Waals surface area contributed by atoms with E-state index in [-0.39, 0.29) is 0 Å². The Hall–Kier alpha value is -1.37. The van der Waals surface area contributed by atoms with Gasteiger partial charge in [-0.2, -0.15) is 5.26 Å². The van der Waals surface area contributed by atoms with Crippen LogP contribution in [-0.2, 0) is 6.54 Å². The largest absolute Gasteiger partial charge is 0.306 e. The highest BCUT2D eigenvalue weighted by Gasteiger charge is 2.20. The van der Waals surface area contributed by atoms with Crippen LogP contribution >= 0.6 is 0 Å². The van der Waals surface area contributed by atoms with Gasteiger partial charge in [-0.15, -0.1) is 0 Å². The first-order valence-corrected chi connectivity index (χ1v) is 6.53. The number of hydrogen-bond acceptors (Lipinski definition) is 3. The van der Waals surface area contributed by atoms with E-state index < -0.39 is 0 Å². The van der Waals surface area contributed by atoms with E-state index in [9.17, 15) is 0 Å². The van der Waals surface area contributed by atoms with Crippen molar-refractivity contribution in [3.8, 4) is 6.07 Å². The molecule has 1 atom stereocenters. The molecule has 1 unspecified atom stereocenters. The van der Waals surface area contributed by atoms with Gasteiger partial charge in [0.2, 0.25) is 0 Å². The highest BCUT2D eigenvalue weighted by Crippen LogP contribution is 2.16. The molecule has 1 aliphatic heterocycles. The number of likely N-dealkylation sites (tertiary alicyclic amines) is 1. The second kappa shape index (κ2) is 5.99. The first-order valence-electron chi connectivity index (χ1n) is 6.53. The molecule has 3 nitrogen and oxygen atoms in total. The van der Waals surface area contributed by atoms with Crippen LogP contribution in [0.25, 0.3) is 0 Å². The SMILES string of the molecule is CN1CCC(CN(C)Cc2cccc(C#N)c2)C1. The minimum absolute atomic E-state index is 0.751. The molecule has 0 amide bonds. The average Bonchev–Trinajstić information content (AvgIpc) is 2.74. The zero-order valence-corrected chi connectivity index (χ0v) is 11.3. The van der Waals surface area contributed by atoms with Gasteiger partial charge in [-0.1, -0.05) is 12.1 Å². The second-order valence-electron chi connectivity index (χ2n) is 5.43. The van der Waals surface area contributed by atoms with Gasteiger partial charge in [0.05, 0.1) is 11.6 Å². The van der Waals surface area contributed by atoms with Crippen LogP contribution in [0.15, 0.2) is 24.3 Å². The number of rotatable bonds is 4. The summed E-state index contributed by atoms with van der Waals surface area (Å²) in [5.41, 5.74) is 1.98. The Bertz CT molecular complexity index is 436. The van der Waals surface area contributed by atoms with Crippen LogP contribution in [-0.4, -0.2) is 43.5 Å². The molecule has 1 fully saturated rings. The van der Waals surface area contributed by atoms with Crippen LogP contribution in [0.3, 0.4) is 0 Å². The Morgan fingerprint density at radius 2 is 2.33 bits per heavy atom. The lowest BCUT2D eigenvalue weighted by Crippen LogP contribution is -2.27. The molecule has 18 heavy (non-hydrogen) atoms. The highest BCUT2D eigenvalue weighted by atomic mass is 15.1. The molecule has 1 saturated heterocycles. The van der Waals surface area contributed by atoms with Crippen molar-refractivity contribution in [2.24, 2.45) is 5.92 Å². The Morgan fingerprint density at radius 3 is 3.00 bits per heavy atom. The molecule has 0 N–H and O–H groups in total. The van der Waals surface area contributed by atoms with Crippen LogP contribution in [0.4, 0.5) is 0 Å². The Labute approximate surface area is 110 Å². The molecule has 1 aliphatic rings. The number of nitriles is 1. The highest BCUT2D eigenvalue weighted by molar-refractivity contribution is 5.32. The molecule has 96 valence electrons. The van der Waals surface area contributed by atoms with Crippen LogP contribution in [0.2, 0.25) is 0 Å². The first-order chi connectivity index (χ1) is 8.67. The Kier molecular flexibility index (Phi) is 4.35. The zero-order valence-electron chi connectivity index (χ0n) is 11.3. The van der Waals surface area contributed by atoms with Crippen molar-refractivity contribution in [3.05, 3.63) is 35.4 Å². The van der Waals surface area contributed by atoms with Crippen molar-refractivity contribution in [2.45, 2.75) is 13.0 Å². The molecular weight excluding hydrogens is 222 g/mol. The average molecular weight is 243 g/mol. The minimum Gasteiger partial charge on any atom is -0.306 e. The topological polar surface area (TPSA) is 30.3 Å². The molecule has 1 aromatic carbocycles. The summed E-state index contributed by atoms with van der Waals surface area (Å²) in [4.78, 5) is 4.76. The molecule has 1 heterocycles. The number of benzene rings is 1. The normalized spacial score (nSPS) is 20.2. The molecule has 3 heteroatoms. The first kappa shape index (κ1) is 13.1. The van der Waals surface area contributed by atoms with Crippen molar-refractivity contribution in [3.63, 3.8) is 0 Å². The number of hydrogen-bond donors (Lipinski definition) is 0. The maximum absolute atomic E-state index is 8.89. The van der Waals surface area contributed by atoms with Gasteiger partial charge in [0.1, 0.15) is 0 Å². The van der Waals surface area contributed by atoms with E-state index in [4.69, 9.17) is 5.26 Å². The molecule has 2 rings (SSSR count). The van der Waals surface area contributed by atoms with E-state index in [0.717, 1.165) is 24.6 Å². The lowest BCUT2D eigenvalue weighted by molar-refractivity contribution is 0.267. The zero-order chi connectivity index (χ0) is 13.0. The van der Waals surface area contributed by atoms with E-state index >= 15 is 0 Å². The van der Waals surface area contributed by atoms with E-state index in [0.29, 0.717) is 0 Å². The third-order valence-corrected chi connectivity index (χ3v) is 3.57. The summed E-state index contributed by atoms with van der Waals surface area (Å²) >= 11 is 0. The predicted octanol–water partition coefficient (Wildman–Crippen LogP) is 1.94. The van der Waals surface area contributed by atoms with Gasteiger partial charge in [-0.3, -0.25) is 0 Å². The molecule has 0 aliphatic carbocycles. The summed E-state index contributed by atoms with van der Waals surface area (Å²) in [6.07, 6.45) is 1.30. The Morgan fingerprint density at radius 1 is 1.50 bits per heavy atom. The summed E-state index contributed by atoms with van der Waals surface area (Å²) in [5.74, 6) is 0.791. The number of nitrogens with zero attached hydrogens (tertiary/aromatic N) is 3. The van der Waals surface area contributed by atoms with Gasteiger partial charge >= 0.3 is 0 Å². The fraction of sp³-hybridized carbons (Fsp3) is 0.533. The quantitative estimate of drug-likeness (QED) is 0.809. The lowest BCUT2D eigenvalue weighted by atomic mass is 10.1. The van der Waals surface area contributed by atoms with Crippen molar-refractivity contribution < 1.29 is 0 Å². The summed E-state index contributed by atoms with van der Waals surface area (Å²) < 4.78 is 0. The van der Waals surface area contributed by atoms with Gasteiger partial charge in [0.15, 0.2) is 0 Å². The molecule has 1 aromatic rings. The summed E-state index contributed by atoms with van der Waals surface area (Å²) in [7, 11) is 4.35. The molecule has 0 radical (unpaired) electrons. The van der Waals surface area contributed by atoms with Crippen molar-refractivity contribution in [2.75, 3.05) is 33.7 Å². The third kappa shape index (κ3) is 3.56. The molecule has 0 spiro atoms. The summed E-state index contributed by atoms with van der Waals surface area (Å²) in [6.45, 7) is 4.50. The Balaban J connectivity index is 1.87. The third-order valence-electron chi connectivity index (χ3n) is 3.57. The molecule has 0 bridgehead atoms. The second-order valence-corrected chi connectivity index (χ2v) is 5.43. The van der Waals surface area contributed by atoms with E-state index in [1.807, 2.05) is 18.2 Å². The fourth-order valence-corrected chi connectivity index (χ4v) is 2.73. The van der Waals surface area contributed by atoms with Crippen LogP contribution in [0.1, 0.15) is 17.5 Å². The van der Waals surface area contributed by atoms with Gasteiger partial charge in [-0.05, 0) is 50.7 Å². The maximum Gasteiger partial charge on any atom is 0.0991 e. The molecule has 0 aromatic heterocycles. The van der Waals surface area contributed by atoms with E-state index in [2.05, 4.69) is 36.0 Å². The lowest BCUT2D eigenvalue weighted by Gasteiger charge is -2.21. The van der Waals surface area contributed by atoms with Gasteiger partial charge in [0, 0.05) is 19.6 Å². The molecule has 0 saturated carbocycles. The molecular formula is C15H21N3. The maximum atomic E-state index is 8.89. The van der Waals surface area contributed by atoms with Gasteiger partial charge in [0.25, 0.3) is 0 Å². The smallest absolute Gasteiger partial charge is 0.0991 e. The predicted molar refractivity (Wildman–Crippen MR) is 73.1 cm³/mol.